The van der Waals surface area contributed by atoms with Gasteiger partial charge in [-0.25, -0.2) is 0 Å². The summed E-state index contributed by atoms with van der Waals surface area (Å²) in [6, 6.07) is 7.64. The van der Waals surface area contributed by atoms with Crippen molar-refractivity contribution in [2.45, 2.75) is 20.4 Å². The number of aromatic nitrogens is 1. The SMILES string of the molecule is Cc1cc(CNC(=O)c2c[nH]c3ccc(N)cc23)sc1C. The summed E-state index contributed by atoms with van der Waals surface area (Å²) in [4.78, 5) is 17.9. The zero-order chi connectivity index (χ0) is 15.0. The lowest BCUT2D eigenvalue weighted by Crippen LogP contribution is -2.22. The Bertz CT molecular complexity index is 797. The third-order valence-electron chi connectivity index (χ3n) is 3.59. The van der Waals surface area contributed by atoms with Crippen molar-refractivity contribution >= 4 is 33.8 Å². The summed E-state index contributed by atoms with van der Waals surface area (Å²) in [5, 5.41) is 3.82. The van der Waals surface area contributed by atoms with Crippen molar-refractivity contribution in [2.24, 2.45) is 0 Å². The van der Waals surface area contributed by atoms with Gasteiger partial charge in [0.15, 0.2) is 0 Å². The van der Waals surface area contributed by atoms with Gasteiger partial charge in [0.25, 0.3) is 5.91 Å². The first-order valence-corrected chi connectivity index (χ1v) is 7.57. The number of amides is 1. The summed E-state index contributed by atoms with van der Waals surface area (Å²) in [6.45, 7) is 4.72. The molecule has 21 heavy (non-hydrogen) atoms. The van der Waals surface area contributed by atoms with Gasteiger partial charge in [-0.1, -0.05) is 0 Å². The Hall–Kier alpha value is -2.27. The number of thiophene rings is 1. The van der Waals surface area contributed by atoms with Gasteiger partial charge >= 0.3 is 0 Å². The van der Waals surface area contributed by atoms with Crippen molar-refractivity contribution in [3.63, 3.8) is 0 Å². The van der Waals surface area contributed by atoms with Crippen LogP contribution in [0.2, 0.25) is 0 Å². The van der Waals surface area contributed by atoms with Crippen LogP contribution in [-0.2, 0) is 6.54 Å². The van der Waals surface area contributed by atoms with E-state index in [1.54, 1.807) is 17.5 Å². The molecular formula is C16H17N3OS. The zero-order valence-corrected chi connectivity index (χ0v) is 12.8. The number of aromatic amines is 1. The van der Waals surface area contributed by atoms with Crippen LogP contribution in [0.15, 0.2) is 30.5 Å². The van der Waals surface area contributed by atoms with E-state index in [0.29, 0.717) is 17.8 Å². The van der Waals surface area contributed by atoms with E-state index in [1.807, 2.05) is 18.2 Å². The van der Waals surface area contributed by atoms with Crippen molar-refractivity contribution in [1.29, 1.82) is 0 Å². The number of aryl methyl sites for hydroxylation is 2. The van der Waals surface area contributed by atoms with E-state index in [0.717, 1.165) is 15.8 Å². The van der Waals surface area contributed by atoms with Gasteiger partial charge in [-0.3, -0.25) is 4.79 Å². The summed E-state index contributed by atoms with van der Waals surface area (Å²) in [5.74, 6) is -0.0874. The minimum atomic E-state index is -0.0874. The van der Waals surface area contributed by atoms with Crippen LogP contribution in [-0.4, -0.2) is 10.9 Å². The molecule has 3 aromatic rings. The van der Waals surface area contributed by atoms with Crippen LogP contribution in [0.1, 0.15) is 25.7 Å². The lowest BCUT2D eigenvalue weighted by Gasteiger charge is -2.03. The second kappa shape index (κ2) is 5.26. The van der Waals surface area contributed by atoms with Crippen LogP contribution >= 0.6 is 11.3 Å². The molecule has 0 atom stereocenters. The van der Waals surface area contributed by atoms with Gasteiger partial charge in [0, 0.05) is 32.5 Å². The standard InChI is InChI=1S/C16H17N3OS/c1-9-5-12(21-10(9)2)7-19-16(20)14-8-18-15-4-3-11(17)6-13(14)15/h3-6,8,18H,7,17H2,1-2H3,(H,19,20). The molecule has 0 saturated heterocycles. The monoisotopic (exact) mass is 299 g/mol. The normalized spacial score (nSPS) is 11.0. The van der Waals surface area contributed by atoms with Crippen LogP contribution < -0.4 is 11.1 Å². The highest BCUT2D eigenvalue weighted by molar-refractivity contribution is 7.12. The molecule has 4 N–H and O–H groups in total. The summed E-state index contributed by atoms with van der Waals surface area (Å²) >= 11 is 1.72. The Balaban J connectivity index is 1.79. The maximum atomic E-state index is 12.3. The molecule has 4 nitrogen and oxygen atoms in total. The number of hydrogen-bond acceptors (Lipinski definition) is 3. The molecule has 0 unspecified atom stereocenters. The van der Waals surface area contributed by atoms with E-state index in [2.05, 4.69) is 30.2 Å². The van der Waals surface area contributed by atoms with Gasteiger partial charge in [-0.15, -0.1) is 11.3 Å². The third-order valence-corrected chi connectivity index (χ3v) is 4.74. The van der Waals surface area contributed by atoms with Crippen molar-refractivity contribution < 1.29 is 4.79 Å². The molecule has 0 fully saturated rings. The number of fused-ring (bicyclic) bond motifs is 1. The number of hydrogen-bond donors (Lipinski definition) is 3. The predicted octanol–water partition coefficient (Wildman–Crippen LogP) is 3.36. The number of nitrogen functional groups attached to an aromatic ring is 1. The van der Waals surface area contributed by atoms with Gasteiger partial charge in [-0.2, -0.15) is 0 Å². The molecule has 1 amide bonds. The summed E-state index contributed by atoms with van der Waals surface area (Å²) < 4.78 is 0. The number of rotatable bonds is 3. The molecule has 2 heterocycles. The van der Waals surface area contributed by atoms with Crippen LogP contribution in [0.5, 0.6) is 0 Å². The van der Waals surface area contributed by atoms with Crippen molar-refractivity contribution in [3.8, 4) is 0 Å². The molecule has 0 aliphatic heterocycles. The van der Waals surface area contributed by atoms with Crippen LogP contribution in [0.25, 0.3) is 10.9 Å². The third kappa shape index (κ3) is 2.64. The van der Waals surface area contributed by atoms with Crippen LogP contribution in [0.4, 0.5) is 5.69 Å². The number of H-pyrrole nitrogens is 1. The fraction of sp³-hybridized carbons (Fsp3) is 0.188. The highest BCUT2D eigenvalue weighted by atomic mass is 32.1. The number of nitrogens with one attached hydrogen (secondary N) is 2. The molecule has 108 valence electrons. The number of carbonyl (C=O) groups excluding carboxylic acids is 1. The molecule has 1 aromatic carbocycles. The van der Waals surface area contributed by atoms with Gasteiger partial charge in [0.1, 0.15) is 0 Å². The van der Waals surface area contributed by atoms with E-state index in [-0.39, 0.29) is 5.91 Å². The molecule has 0 bridgehead atoms. The number of benzene rings is 1. The van der Waals surface area contributed by atoms with Crippen molar-refractivity contribution in [2.75, 3.05) is 5.73 Å². The molecule has 0 saturated carbocycles. The van der Waals surface area contributed by atoms with Gasteiger partial charge in [-0.05, 0) is 43.7 Å². The Labute approximate surface area is 127 Å². The van der Waals surface area contributed by atoms with E-state index in [9.17, 15) is 4.79 Å². The number of carbonyl (C=O) groups is 1. The quantitative estimate of drug-likeness (QED) is 0.649. The Morgan fingerprint density at radius 2 is 2.14 bits per heavy atom. The van der Waals surface area contributed by atoms with E-state index in [4.69, 9.17) is 5.73 Å². The van der Waals surface area contributed by atoms with Gasteiger partial charge in [0.05, 0.1) is 12.1 Å². The smallest absolute Gasteiger partial charge is 0.253 e. The highest BCUT2D eigenvalue weighted by Crippen LogP contribution is 2.22. The summed E-state index contributed by atoms with van der Waals surface area (Å²) in [7, 11) is 0. The summed E-state index contributed by atoms with van der Waals surface area (Å²) in [5.41, 5.74) is 9.25. The molecule has 2 aromatic heterocycles. The average Bonchev–Trinajstić information content (AvgIpc) is 3.00. The van der Waals surface area contributed by atoms with E-state index >= 15 is 0 Å². The molecule has 3 rings (SSSR count). The Kier molecular flexibility index (Phi) is 3.43. The molecule has 0 radical (unpaired) electrons. The Morgan fingerprint density at radius 1 is 1.33 bits per heavy atom. The number of nitrogens with two attached hydrogens (primary N) is 1. The second-order valence-corrected chi connectivity index (χ2v) is 6.48. The zero-order valence-electron chi connectivity index (χ0n) is 12.0. The summed E-state index contributed by atoms with van der Waals surface area (Å²) in [6.07, 6.45) is 1.73. The average molecular weight is 299 g/mol. The first-order valence-electron chi connectivity index (χ1n) is 6.75. The van der Waals surface area contributed by atoms with Crippen molar-refractivity contribution in [3.05, 3.63) is 51.3 Å². The van der Waals surface area contributed by atoms with Crippen molar-refractivity contribution in [1.82, 2.24) is 10.3 Å². The molecular weight excluding hydrogens is 282 g/mol. The lowest BCUT2D eigenvalue weighted by molar-refractivity contribution is 0.0953. The first-order chi connectivity index (χ1) is 10.0. The fourth-order valence-electron chi connectivity index (χ4n) is 2.33. The minimum Gasteiger partial charge on any atom is -0.399 e. The van der Waals surface area contributed by atoms with Crippen LogP contribution in [0.3, 0.4) is 0 Å². The topological polar surface area (TPSA) is 70.9 Å². The number of anilines is 1. The molecule has 0 aliphatic rings. The predicted molar refractivity (Wildman–Crippen MR) is 87.7 cm³/mol. The maximum absolute atomic E-state index is 12.3. The lowest BCUT2D eigenvalue weighted by atomic mass is 10.1. The maximum Gasteiger partial charge on any atom is 0.253 e. The van der Waals surface area contributed by atoms with Gasteiger partial charge in [0.2, 0.25) is 0 Å². The first kappa shape index (κ1) is 13.7. The molecule has 0 spiro atoms. The molecule has 0 aliphatic carbocycles. The van der Waals surface area contributed by atoms with E-state index < -0.39 is 0 Å². The van der Waals surface area contributed by atoms with Gasteiger partial charge < -0.3 is 16.0 Å². The van der Waals surface area contributed by atoms with E-state index in [1.165, 1.54) is 10.4 Å². The second-order valence-electron chi connectivity index (χ2n) is 5.14. The highest BCUT2D eigenvalue weighted by Gasteiger charge is 2.12. The van der Waals surface area contributed by atoms with Crippen LogP contribution in [0, 0.1) is 13.8 Å². The Morgan fingerprint density at radius 3 is 2.86 bits per heavy atom. The molecule has 5 heteroatoms. The fourth-order valence-corrected chi connectivity index (χ4v) is 3.32. The largest absolute Gasteiger partial charge is 0.399 e. The minimum absolute atomic E-state index is 0.0874.